The molecule has 5 nitrogen and oxygen atoms in total. The number of nitrogens with zero attached hydrogens (tertiary/aromatic N) is 2. The van der Waals surface area contributed by atoms with E-state index in [1.54, 1.807) is 0 Å². The third-order valence-electron chi connectivity index (χ3n) is 3.58. The molecule has 0 saturated heterocycles. The van der Waals surface area contributed by atoms with Gasteiger partial charge in [0.2, 0.25) is 5.89 Å². The number of hydrogen-bond donors (Lipinski definition) is 2. The number of nitrogens with one attached hydrogen (secondary N) is 2. The van der Waals surface area contributed by atoms with Crippen molar-refractivity contribution in [2.75, 3.05) is 18.4 Å². The molecule has 1 aromatic heterocycles. The Hall–Kier alpha value is -1.10. The molecule has 0 aromatic carbocycles. The van der Waals surface area contributed by atoms with Crippen LogP contribution < -0.4 is 10.6 Å². The van der Waals surface area contributed by atoms with Crippen molar-refractivity contribution in [3.63, 3.8) is 0 Å². The number of aromatic nitrogens is 2. The Kier molecular flexibility index (Phi) is 5.14. The molecule has 1 unspecified atom stereocenters. The zero-order chi connectivity index (χ0) is 13.8. The quantitative estimate of drug-likeness (QED) is 0.783. The molecular weight excluding hydrogens is 228 g/mol. The fourth-order valence-electron chi connectivity index (χ4n) is 1.38. The van der Waals surface area contributed by atoms with Gasteiger partial charge in [0.25, 0.3) is 0 Å². The maximum atomic E-state index is 5.58. The van der Waals surface area contributed by atoms with Crippen molar-refractivity contribution >= 4 is 6.01 Å². The predicted octanol–water partition coefficient (Wildman–Crippen LogP) is 2.83. The second kappa shape index (κ2) is 6.18. The highest BCUT2D eigenvalue weighted by Crippen LogP contribution is 2.26. The van der Waals surface area contributed by atoms with Gasteiger partial charge >= 0.3 is 6.01 Å². The fraction of sp³-hybridized carbons (Fsp3) is 0.846. The number of anilines is 1. The van der Waals surface area contributed by atoms with Crippen molar-refractivity contribution in [2.24, 2.45) is 11.3 Å². The molecule has 18 heavy (non-hydrogen) atoms. The highest BCUT2D eigenvalue weighted by Gasteiger charge is 2.23. The standard InChI is InChI=1S/C13H26N4O/c1-7-14-10(4)11-16-17-12(18-11)15-8-13(5,6)9(2)3/h9-10,14H,7-8H2,1-6H3,(H,15,17). The molecule has 2 N–H and O–H groups in total. The molecule has 0 fully saturated rings. The first-order valence-corrected chi connectivity index (χ1v) is 6.67. The van der Waals surface area contributed by atoms with E-state index in [-0.39, 0.29) is 11.5 Å². The van der Waals surface area contributed by atoms with Gasteiger partial charge in [0.1, 0.15) is 0 Å². The van der Waals surface area contributed by atoms with Crippen molar-refractivity contribution in [2.45, 2.75) is 47.6 Å². The average molecular weight is 254 g/mol. The van der Waals surface area contributed by atoms with E-state index in [0.29, 0.717) is 17.8 Å². The lowest BCUT2D eigenvalue weighted by Gasteiger charge is -2.28. The predicted molar refractivity (Wildman–Crippen MR) is 73.5 cm³/mol. The van der Waals surface area contributed by atoms with E-state index < -0.39 is 0 Å². The van der Waals surface area contributed by atoms with E-state index in [9.17, 15) is 0 Å². The first-order chi connectivity index (χ1) is 8.36. The molecule has 1 aromatic rings. The first kappa shape index (κ1) is 15.0. The van der Waals surface area contributed by atoms with Crippen molar-refractivity contribution in [3.8, 4) is 0 Å². The van der Waals surface area contributed by atoms with Crippen molar-refractivity contribution in [3.05, 3.63) is 5.89 Å². The van der Waals surface area contributed by atoms with E-state index in [0.717, 1.165) is 13.1 Å². The van der Waals surface area contributed by atoms with E-state index in [2.05, 4.69) is 55.4 Å². The van der Waals surface area contributed by atoms with Gasteiger partial charge in [-0.25, -0.2) is 0 Å². The van der Waals surface area contributed by atoms with Crippen LogP contribution in [0.1, 0.15) is 53.5 Å². The van der Waals surface area contributed by atoms with Crippen molar-refractivity contribution < 1.29 is 4.42 Å². The Labute approximate surface area is 110 Å². The summed E-state index contributed by atoms with van der Waals surface area (Å²) in [6.07, 6.45) is 0. The second-order valence-corrected chi connectivity index (χ2v) is 5.72. The molecule has 1 heterocycles. The SMILES string of the molecule is CCNC(C)c1nnc(NCC(C)(C)C(C)C)o1. The summed E-state index contributed by atoms with van der Waals surface area (Å²) >= 11 is 0. The Bertz CT molecular complexity index is 360. The Morgan fingerprint density at radius 2 is 1.89 bits per heavy atom. The summed E-state index contributed by atoms with van der Waals surface area (Å²) in [5.41, 5.74) is 0.196. The van der Waals surface area contributed by atoms with Crippen LogP contribution in [0, 0.1) is 11.3 Å². The minimum atomic E-state index is 0.0937. The van der Waals surface area contributed by atoms with Gasteiger partial charge < -0.3 is 15.1 Å². The smallest absolute Gasteiger partial charge is 0.315 e. The molecule has 0 radical (unpaired) electrons. The van der Waals surface area contributed by atoms with Crippen LogP contribution in [0.15, 0.2) is 4.42 Å². The molecule has 0 saturated carbocycles. The molecule has 1 atom stereocenters. The maximum Gasteiger partial charge on any atom is 0.315 e. The Morgan fingerprint density at radius 1 is 1.22 bits per heavy atom. The molecule has 0 aliphatic rings. The highest BCUT2D eigenvalue weighted by molar-refractivity contribution is 5.18. The maximum absolute atomic E-state index is 5.58. The summed E-state index contributed by atoms with van der Waals surface area (Å²) in [6, 6.07) is 0.597. The van der Waals surface area contributed by atoms with Crippen LogP contribution in [0.25, 0.3) is 0 Å². The van der Waals surface area contributed by atoms with Crippen LogP contribution >= 0.6 is 0 Å². The summed E-state index contributed by atoms with van der Waals surface area (Å²) in [5.74, 6) is 1.22. The summed E-state index contributed by atoms with van der Waals surface area (Å²) in [4.78, 5) is 0. The Balaban J connectivity index is 2.54. The third kappa shape index (κ3) is 3.98. The molecule has 1 rings (SSSR count). The topological polar surface area (TPSA) is 63.0 Å². The van der Waals surface area contributed by atoms with E-state index in [1.807, 2.05) is 6.92 Å². The van der Waals surface area contributed by atoms with E-state index in [4.69, 9.17) is 4.42 Å². The van der Waals surface area contributed by atoms with Gasteiger partial charge in [-0.2, -0.15) is 0 Å². The van der Waals surface area contributed by atoms with Gasteiger partial charge in [0.05, 0.1) is 6.04 Å². The molecule has 104 valence electrons. The lowest BCUT2D eigenvalue weighted by Crippen LogP contribution is -2.28. The molecule has 5 heteroatoms. The second-order valence-electron chi connectivity index (χ2n) is 5.72. The summed E-state index contributed by atoms with van der Waals surface area (Å²) in [7, 11) is 0. The van der Waals surface area contributed by atoms with Gasteiger partial charge in [0.15, 0.2) is 0 Å². The molecular formula is C13H26N4O. The summed E-state index contributed by atoms with van der Waals surface area (Å²) < 4.78 is 5.58. The van der Waals surface area contributed by atoms with Crippen LogP contribution in [-0.2, 0) is 0 Å². The van der Waals surface area contributed by atoms with Crippen molar-refractivity contribution in [1.29, 1.82) is 0 Å². The van der Waals surface area contributed by atoms with Crippen LogP contribution in [-0.4, -0.2) is 23.3 Å². The largest absolute Gasteiger partial charge is 0.406 e. The zero-order valence-corrected chi connectivity index (χ0v) is 12.4. The molecule has 0 spiro atoms. The lowest BCUT2D eigenvalue weighted by atomic mass is 9.81. The van der Waals surface area contributed by atoms with Crippen LogP contribution in [0.4, 0.5) is 6.01 Å². The lowest BCUT2D eigenvalue weighted by molar-refractivity contribution is 0.267. The van der Waals surface area contributed by atoms with Crippen LogP contribution in [0.3, 0.4) is 0 Å². The van der Waals surface area contributed by atoms with Gasteiger partial charge in [-0.15, -0.1) is 5.10 Å². The summed E-state index contributed by atoms with van der Waals surface area (Å²) in [6.45, 7) is 14.7. The highest BCUT2D eigenvalue weighted by atomic mass is 16.4. The number of rotatable bonds is 7. The first-order valence-electron chi connectivity index (χ1n) is 6.67. The fourth-order valence-corrected chi connectivity index (χ4v) is 1.38. The minimum absolute atomic E-state index is 0.0937. The monoisotopic (exact) mass is 254 g/mol. The molecule has 0 aliphatic carbocycles. The third-order valence-corrected chi connectivity index (χ3v) is 3.58. The van der Waals surface area contributed by atoms with Gasteiger partial charge in [-0.3, -0.25) is 0 Å². The Morgan fingerprint density at radius 3 is 2.44 bits per heavy atom. The van der Waals surface area contributed by atoms with Gasteiger partial charge in [-0.05, 0) is 24.8 Å². The number of hydrogen-bond acceptors (Lipinski definition) is 5. The summed E-state index contributed by atoms with van der Waals surface area (Å²) in [5, 5.41) is 14.5. The van der Waals surface area contributed by atoms with Crippen molar-refractivity contribution in [1.82, 2.24) is 15.5 Å². The van der Waals surface area contributed by atoms with Crippen LogP contribution in [0.5, 0.6) is 0 Å². The van der Waals surface area contributed by atoms with Crippen LogP contribution in [0.2, 0.25) is 0 Å². The normalized spacial score (nSPS) is 13.9. The molecule has 0 amide bonds. The zero-order valence-electron chi connectivity index (χ0n) is 12.4. The molecule has 0 aliphatic heterocycles. The van der Waals surface area contributed by atoms with Gasteiger partial charge in [0, 0.05) is 6.54 Å². The minimum Gasteiger partial charge on any atom is -0.406 e. The molecule has 0 bridgehead atoms. The van der Waals surface area contributed by atoms with E-state index in [1.165, 1.54) is 0 Å². The van der Waals surface area contributed by atoms with E-state index >= 15 is 0 Å². The van der Waals surface area contributed by atoms with Gasteiger partial charge in [-0.1, -0.05) is 39.7 Å². The average Bonchev–Trinajstić information content (AvgIpc) is 2.75.